The van der Waals surface area contributed by atoms with Crippen molar-refractivity contribution in [2.45, 2.75) is 25.7 Å². The van der Waals surface area contributed by atoms with Gasteiger partial charge in [-0.15, -0.1) is 0 Å². The van der Waals surface area contributed by atoms with E-state index in [9.17, 15) is 9.59 Å². The predicted molar refractivity (Wildman–Crippen MR) is 84.0 cm³/mol. The summed E-state index contributed by atoms with van der Waals surface area (Å²) in [5.41, 5.74) is 0.978. The lowest BCUT2D eigenvalue weighted by atomic mass is 9.88. The van der Waals surface area contributed by atoms with E-state index in [1.165, 1.54) is 12.8 Å². The van der Waals surface area contributed by atoms with Gasteiger partial charge in [-0.25, -0.2) is 0 Å². The molecule has 5 heteroatoms. The van der Waals surface area contributed by atoms with Crippen LogP contribution in [0.2, 0.25) is 0 Å². The van der Waals surface area contributed by atoms with Crippen LogP contribution in [0.3, 0.4) is 0 Å². The van der Waals surface area contributed by atoms with Gasteiger partial charge >= 0.3 is 0 Å². The fourth-order valence-electron chi connectivity index (χ4n) is 3.87. The lowest BCUT2D eigenvalue weighted by Crippen LogP contribution is -2.28. The maximum absolute atomic E-state index is 12.5. The summed E-state index contributed by atoms with van der Waals surface area (Å²) in [6, 6.07) is 5.13. The van der Waals surface area contributed by atoms with Gasteiger partial charge in [-0.1, -0.05) is 6.42 Å². The van der Waals surface area contributed by atoms with E-state index in [4.69, 9.17) is 4.74 Å². The van der Waals surface area contributed by atoms with Crippen LogP contribution in [0.5, 0.6) is 5.75 Å². The van der Waals surface area contributed by atoms with Crippen molar-refractivity contribution >= 4 is 17.5 Å². The van der Waals surface area contributed by atoms with Crippen molar-refractivity contribution in [3.05, 3.63) is 23.8 Å². The number of carbonyl (C=O) groups is 2. The van der Waals surface area contributed by atoms with Crippen LogP contribution in [0.4, 0.5) is 5.69 Å². The Hall–Kier alpha value is -2.04. The minimum atomic E-state index is -0.234. The number of nitrogens with one attached hydrogen (secondary N) is 2. The van der Waals surface area contributed by atoms with Crippen molar-refractivity contribution in [1.29, 1.82) is 0 Å². The molecule has 2 saturated carbocycles. The number of anilines is 1. The number of methoxy groups -OCH3 is 1. The minimum Gasteiger partial charge on any atom is -0.497 e. The van der Waals surface area contributed by atoms with Crippen LogP contribution >= 0.6 is 0 Å². The minimum absolute atomic E-state index is 0.0440. The van der Waals surface area contributed by atoms with E-state index >= 15 is 0 Å². The lowest BCUT2D eigenvalue weighted by molar-refractivity contribution is -0.121. The molecule has 118 valence electrons. The SMILES string of the molecule is CNC(=O)c1cc(OC)ccc1NC(=O)[C@H]1C[C@H]2CC[C@H]1C2. The molecule has 2 aliphatic rings. The summed E-state index contributed by atoms with van der Waals surface area (Å²) >= 11 is 0. The number of amides is 2. The van der Waals surface area contributed by atoms with E-state index in [1.54, 1.807) is 32.4 Å². The Morgan fingerprint density at radius 1 is 1.23 bits per heavy atom. The van der Waals surface area contributed by atoms with Gasteiger partial charge in [-0.3, -0.25) is 9.59 Å². The van der Waals surface area contributed by atoms with Gasteiger partial charge in [0.2, 0.25) is 5.91 Å². The standard InChI is InChI=1S/C17H22N2O3/c1-18-16(20)14-9-12(22-2)5-6-15(14)19-17(21)13-8-10-3-4-11(13)7-10/h5-6,9-11,13H,3-4,7-8H2,1-2H3,(H,18,20)(H,19,21)/t10-,11-,13-/m0/s1. The smallest absolute Gasteiger partial charge is 0.253 e. The van der Waals surface area contributed by atoms with Gasteiger partial charge in [0.1, 0.15) is 5.75 Å². The molecule has 0 radical (unpaired) electrons. The van der Waals surface area contributed by atoms with Crippen LogP contribution in [0.15, 0.2) is 18.2 Å². The molecular weight excluding hydrogens is 280 g/mol. The summed E-state index contributed by atoms with van der Waals surface area (Å²) in [5, 5.41) is 5.55. The summed E-state index contributed by atoms with van der Waals surface area (Å²) in [6.07, 6.45) is 4.60. The highest BCUT2D eigenvalue weighted by Crippen LogP contribution is 2.48. The maximum atomic E-state index is 12.5. The van der Waals surface area contributed by atoms with Crippen LogP contribution < -0.4 is 15.4 Å². The van der Waals surface area contributed by atoms with E-state index < -0.39 is 0 Å². The predicted octanol–water partition coefficient (Wildman–Crippen LogP) is 2.43. The molecular formula is C17H22N2O3. The number of hydrogen-bond donors (Lipinski definition) is 2. The molecule has 5 nitrogen and oxygen atoms in total. The van der Waals surface area contributed by atoms with E-state index in [0.717, 1.165) is 18.8 Å². The van der Waals surface area contributed by atoms with Gasteiger partial charge in [0.15, 0.2) is 0 Å². The first-order chi connectivity index (χ1) is 10.6. The molecule has 22 heavy (non-hydrogen) atoms. The molecule has 3 rings (SSSR count). The van der Waals surface area contributed by atoms with Crippen molar-refractivity contribution in [3.8, 4) is 5.75 Å². The Balaban J connectivity index is 1.79. The Bertz CT molecular complexity index is 600. The Morgan fingerprint density at radius 3 is 2.64 bits per heavy atom. The fourth-order valence-corrected chi connectivity index (χ4v) is 3.87. The van der Waals surface area contributed by atoms with Crippen molar-refractivity contribution in [2.75, 3.05) is 19.5 Å². The Morgan fingerprint density at radius 2 is 2.05 bits per heavy atom. The van der Waals surface area contributed by atoms with Crippen LogP contribution in [-0.2, 0) is 4.79 Å². The van der Waals surface area contributed by atoms with Gasteiger partial charge < -0.3 is 15.4 Å². The summed E-state index contributed by atoms with van der Waals surface area (Å²) in [6.45, 7) is 0. The van der Waals surface area contributed by atoms with E-state index in [2.05, 4.69) is 10.6 Å². The largest absolute Gasteiger partial charge is 0.497 e. The van der Waals surface area contributed by atoms with Crippen molar-refractivity contribution in [3.63, 3.8) is 0 Å². The number of fused-ring (bicyclic) bond motifs is 2. The fraction of sp³-hybridized carbons (Fsp3) is 0.529. The van der Waals surface area contributed by atoms with E-state index in [1.807, 2.05) is 0 Å². The van der Waals surface area contributed by atoms with Crippen LogP contribution in [0, 0.1) is 17.8 Å². The molecule has 2 N–H and O–H groups in total. The average molecular weight is 302 g/mol. The third-order valence-corrected chi connectivity index (χ3v) is 5.03. The van der Waals surface area contributed by atoms with E-state index in [0.29, 0.717) is 22.9 Å². The molecule has 1 aromatic rings. The number of hydrogen-bond acceptors (Lipinski definition) is 3. The number of carbonyl (C=O) groups excluding carboxylic acids is 2. The van der Waals surface area contributed by atoms with Gasteiger partial charge in [0.05, 0.1) is 18.4 Å². The van der Waals surface area contributed by atoms with E-state index in [-0.39, 0.29) is 17.7 Å². The summed E-state index contributed by atoms with van der Waals surface area (Å²) < 4.78 is 5.16. The molecule has 0 aliphatic heterocycles. The normalized spacial score (nSPS) is 25.8. The second-order valence-corrected chi connectivity index (χ2v) is 6.26. The third kappa shape index (κ3) is 2.67. The average Bonchev–Trinajstić information content (AvgIpc) is 3.17. The third-order valence-electron chi connectivity index (χ3n) is 5.03. The first-order valence-corrected chi connectivity index (χ1v) is 7.83. The van der Waals surface area contributed by atoms with Crippen molar-refractivity contribution < 1.29 is 14.3 Å². The number of ether oxygens (including phenoxy) is 1. The molecule has 0 heterocycles. The topological polar surface area (TPSA) is 67.4 Å². The highest BCUT2D eigenvalue weighted by Gasteiger charge is 2.43. The second-order valence-electron chi connectivity index (χ2n) is 6.26. The highest BCUT2D eigenvalue weighted by atomic mass is 16.5. The molecule has 2 fully saturated rings. The number of rotatable bonds is 4. The van der Waals surface area contributed by atoms with Crippen molar-refractivity contribution in [1.82, 2.24) is 5.32 Å². The Kier molecular flexibility index (Phi) is 4.05. The zero-order valence-corrected chi connectivity index (χ0v) is 13.0. The van der Waals surface area contributed by atoms with Gasteiger partial charge in [-0.05, 0) is 49.3 Å². The Labute approximate surface area is 130 Å². The van der Waals surface area contributed by atoms with Crippen LogP contribution in [0.25, 0.3) is 0 Å². The molecule has 0 aromatic heterocycles. The molecule has 3 atom stereocenters. The summed E-state index contributed by atoms with van der Waals surface area (Å²) in [5.74, 6) is 1.74. The molecule has 2 bridgehead atoms. The quantitative estimate of drug-likeness (QED) is 0.897. The molecule has 0 unspecified atom stereocenters. The zero-order chi connectivity index (χ0) is 15.7. The van der Waals surface area contributed by atoms with Crippen LogP contribution in [0.1, 0.15) is 36.0 Å². The molecule has 2 amide bonds. The maximum Gasteiger partial charge on any atom is 0.253 e. The van der Waals surface area contributed by atoms with Gasteiger partial charge in [0.25, 0.3) is 5.91 Å². The highest BCUT2D eigenvalue weighted by molar-refractivity contribution is 6.04. The summed E-state index contributed by atoms with van der Waals surface area (Å²) in [4.78, 5) is 24.6. The lowest BCUT2D eigenvalue weighted by Gasteiger charge is -2.21. The van der Waals surface area contributed by atoms with Crippen LogP contribution in [-0.4, -0.2) is 26.0 Å². The first-order valence-electron chi connectivity index (χ1n) is 7.83. The van der Waals surface area contributed by atoms with Gasteiger partial charge in [-0.2, -0.15) is 0 Å². The summed E-state index contributed by atoms with van der Waals surface area (Å²) in [7, 11) is 3.12. The monoisotopic (exact) mass is 302 g/mol. The molecule has 0 spiro atoms. The number of benzene rings is 1. The zero-order valence-electron chi connectivity index (χ0n) is 13.0. The molecule has 0 saturated heterocycles. The molecule has 2 aliphatic carbocycles. The van der Waals surface area contributed by atoms with Crippen molar-refractivity contribution in [2.24, 2.45) is 17.8 Å². The first kappa shape index (κ1) is 14.9. The van der Waals surface area contributed by atoms with Gasteiger partial charge in [0, 0.05) is 13.0 Å². The second kappa shape index (κ2) is 5.99. The molecule has 1 aromatic carbocycles.